The van der Waals surface area contributed by atoms with Gasteiger partial charge in [0.05, 0.1) is 0 Å². The van der Waals surface area contributed by atoms with Gasteiger partial charge >= 0.3 is 0 Å². The second-order valence-corrected chi connectivity index (χ2v) is 5.33. The van der Waals surface area contributed by atoms with Crippen molar-refractivity contribution in [3.05, 3.63) is 38.0 Å². The molecule has 0 amide bonds. The van der Waals surface area contributed by atoms with Gasteiger partial charge in [0.2, 0.25) is 0 Å². The molecule has 0 aliphatic heterocycles. The molecular formula is C13H15I. The second-order valence-electron chi connectivity index (χ2n) is 4.17. The van der Waals surface area contributed by atoms with Crippen LogP contribution in [0.15, 0.2) is 15.7 Å². The van der Waals surface area contributed by atoms with E-state index in [0.29, 0.717) is 5.92 Å². The maximum Gasteiger partial charge on any atom is 0.0128 e. The normalized spacial score (nSPS) is 20.2. The van der Waals surface area contributed by atoms with Crippen molar-refractivity contribution in [3.63, 3.8) is 0 Å². The lowest BCUT2D eigenvalue weighted by Crippen LogP contribution is -1.93. The number of benzene rings is 1. The second kappa shape index (κ2) is 3.37. The molecule has 1 atom stereocenters. The zero-order valence-electron chi connectivity index (χ0n) is 9.11. The number of hydrogen-bond acceptors (Lipinski definition) is 0. The van der Waals surface area contributed by atoms with Gasteiger partial charge in [-0.2, -0.15) is 0 Å². The van der Waals surface area contributed by atoms with Crippen LogP contribution in [0.2, 0.25) is 0 Å². The van der Waals surface area contributed by atoms with Crippen LogP contribution in [0.25, 0.3) is 5.57 Å². The Morgan fingerprint density at radius 3 is 2.43 bits per heavy atom. The Morgan fingerprint density at radius 2 is 1.79 bits per heavy atom. The minimum atomic E-state index is 0.602. The lowest BCUT2D eigenvalue weighted by atomic mass is 9.94. The van der Waals surface area contributed by atoms with Gasteiger partial charge in [-0.3, -0.25) is 0 Å². The Hall–Kier alpha value is -0.310. The third-order valence-electron chi connectivity index (χ3n) is 3.35. The molecule has 0 saturated carbocycles. The van der Waals surface area contributed by atoms with Crippen molar-refractivity contribution in [2.75, 3.05) is 0 Å². The molecule has 0 nitrogen and oxygen atoms in total. The van der Waals surface area contributed by atoms with E-state index >= 15 is 0 Å². The van der Waals surface area contributed by atoms with Crippen molar-refractivity contribution < 1.29 is 0 Å². The molecule has 0 spiro atoms. The van der Waals surface area contributed by atoms with Crippen LogP contribution in [0.1, 0.15) is 42.0 Å². The van der Waals surface area contributed by atoms with E-state index in [1.54, 1.807) is 0 Å². The fourth-order valence-electron chi connectivity index (χ4n) is 2.28. The van der Waals surface area contributed by atoms with Gasteiger partial charge in [0.1, 0.15) is 0 Å². The summed E-state index contributed by atoms with van der Waals surface area (Å²) in [5.74, 6) is 0.602. The van der Waals surface area contributed by atoms with Gasteiger partial charge in [-0.25, -0.2) is 0 Å². The Morgan fingerprint density at radius 1 is 1.14 bits per heavy atom. The topological polar surface area (TPSA) is 0 Å². The summed E-state index contributed by atoms with van der Waals surface area (Å²) in [6, 6.07) is 4.53. The SMILES string of the molecule is CC1=C(I)C(C)c2ccc(C)c(C)c21. The number of fused-ring (bicyclic) bond motifs is 1. The van der Waals surface area contributed by atoms with Gasteiger partial charge in [-0.1, -0.05) is 19.1 Å². The summed E-state index contributed by atoms with van der Waals surface area (Å²) in [6.45, 7) is 8.97. The number of rotatable bonds is 0. The van der Waals surface area contributed by atoms with Crippen molar-refractivity contribution in [3.8, 4) is 0 Å². The number of allylic oxidation sites excluding steroid dienone is 2. The maximum atomic E-state index is 2.49. The Kier molecular flexibility index (Phi) is 2.46. The molecular weight excluding hydrogens is 283 g/mol. The van der Waals surface area contributed by atoms with Gasteiger partial charge in [0, 0.05) is 9.50 Å². The Labute approximate surface area is 99.6 Å². The molecule has 1 aromatic rings. The minimum absolute atomic E-state index is 0.602. The minimum Gasteiger partial charge on any atom is -0.0587 e. The fourth-order valence-corrected chi connectivity index (χ4v) is 2.88. The van der Waals surface area contributed by atoms with E-state index < -0.39 is 0 Å². The van der Waals surface area contributed by atoms with Crippen LogP contribution in [0.5, 0.6) is 0 Å². The summed E-state index contributed by atoms with van der Waals surface area (Å²) in [7, 11) is 0. The Balaban J connectivity index is 2.75. The molecule has 0 N–H and O–H groups in total. The smallest absolute Gasteiger partial charge is 0.0128 e. The van der Waals surface area contributed by atoms with E-state index in [4.69, 9.17) is 0 Å². The number of halogens is 1. The van der Waals surface area contributed by atoms with E-state index in [2.05, 4.69) is 62.4 Å². The quantitative estimate of drug-likeness (QED) is 0.615. The molecule has 0 fully saturated rings. The zero-order valence-corrected chi connectivity index (χ0v) is 11.3. The standard InChI is InChI=1S/C13H15I/c1-7-5-6-11-9(3)13(14)10(4)12(11)8(7)2/h5-6,9H,1-4H3. The van der Waals surface area contributed by atoms with Crippen LogP contribution >= 0.6 is 22.6 Å². The number of aryl methyl sites for hydroxylation is 1. The van der Waals surface area contributed by atoms with Crippen molar-refractivity contribution in [1.82, 2.24) is 0 Å². The highest BCUT2D eigenvalue weighted by atomic mass is 127. The van der Waals surface area contributed by atoms with Crippen LogP contribution in [-0.4, -0.2) is 0 Å². The van der Waals surface area contributed by atoms with Crippen molar-refractivity contribution in [2.24, 2.45) is 0 Å². The third-order valence-corrected chi connectivity index (χ3v) is 5.09. The highest BCUT2D eigenvalue weighted by Gasteiger charge is 2.25. The summed E-state index contributed by atoms with van der Waals surface area (Å²) in [4.78, 5) is 0. The van der Waals surface area contributed by atoms with Crippen LogP contribution in [-0.2, 0) is 0 Å². The molecule has 0 radical (unpaired) electrons. The molecule has 1 aliphatic rings. The van der Waals surface area contributed by atoms with E-state index in [1.807, 2.05) is 0 Å². The third kappa shape index (κ3) is 1.25. The summed E-state index contributed by atoms with van der Waals surface area (Å²) in [5.41, 5.74) is 7.35. The van der Waals surface area contributed by atoms with Gasteiger partial charge < -0.3 is 0 Å². The largest absolute Gasteiger partial charge is 0.0587 e. The summed E-state index contributed by atoms with van der Waals surface area (Å²) in [6.07, 6.45) is 0. The van der Waals surface area contributed by atoms with Gasteiger partial charge in [0.25, 0.3) is 0 Å². The van der Waals surface area contributed by atoms with Crippen LogP contribution in [0.4, 0.5) is 0 Å². The molecule has 1 heteroatoms. The van der Waals surface area contributed by atoms with Crippen molar-refractivity contribution >= 4 is 28.2 Å². The van der Waals surface area contributed by atoms with Gasteiger partial charge in [0.15, 0.2) is 0 Å². The predicted molar refractivity (Wildman–Crippen MR) is 70.9 cm³/mol. The lowest BCUT2D eigenvalue weighted by Gasteiger charge is -2.10. The van der Waals surface area contributed by atoms with Crippen LogP contribution < -0.4 is 0 Å². The summed E-state index contributed by atoms with van der Waals surface area (Å²) in [5, 5.41) is 0. The maximum absolute atomic E-state index is 2.49. The van der Waals surface area contributed by atoms with Crippen molar-refractivity contribution in [2.45, 2.75) is 33.6 Å². The molecule has 2 rings (SSSR count). The van der Waals surface area contributed by atoms with E-state index in [1.165, 1.54) is 31.4 Å². The van der Waals surface area contributed by atoms with Crippen molar-refractivity contribution in [1.29, 1.82) is 0 Å². The molecule has 0 saturated heterocycles. The molecule has 1 aliphatic carbocycles. The molecule has 74 valence electrons. The monoisotopic (exact) mass is 298 g/mol. The van der Waals surface area contributed by atoms with Gasteiger partial charge in [-0.05, 0) is 71.2 Å². The average molecular weight is 298 g/mol. The lowest BCUT2D eigenvalue weighted by molar-refractivity contribution is 0.979. The first kappa shape index (κ1) is 10.2. The Bertz CT molecular complexity index is 427. The number of hydrogen-bond donors (Lipinski definition) is 0. The van der Waals surface area contributed by atoms with Crippen LogP contribution in [0, 0.1) is 13.8 Å². The fraction of sp³-hybridized carbons (Fsp3) is 0.385. The van der Waals surface area contributed by atoms with E-state index in [0.717, 1.165) is 0 Å². The molecule has 1 unspecified atom stereocenters. The molecule has 1 aromatic carbocycles. The highest BCUT2D eigenvalue weighted by Crippen LogP contribution is 2.46. The molecule has 0 aromatic heterocycles. The van der Waals surface area contributed by atoms with E-state index in [-0.39, 0.29) is 0 Å². The zero-order chi connectivity index (χ0) is 10.5. The first-order valence-corrected chi connectivity index (χ1v) is 6.08. The van der Waals surface area contributed by atoms with Gasteiger partial charge in [-0.15, -0.1) is 0 Å². The predicted octanol–water partition coefficient (Wildman–Crippen LogP) is 4.59. The summed E-state index contributed by atoms with van der Waals surface area (Å²) < 4.78 is 1.51. The molecule has 14 heavy (non-hydrogen) atoms. The highest BCUT2D eigenvalue weighted by molar-refractivity contribution is 14.1. The first-order chi connectivity index (χ1) is 6.54. The first-order valence-electron chi connectivity index (χ1n) is 5.00. The molecule has 0 heterocycles. The summed E-state index contributed by atoms with van der Waals surface area (Å²) >= 11 is 2.49. The van der Waals surface area contributed by atoms with E-state index in [9.17, 15) is 0 Å². The van der Waals surface area contributed by atoms with Crippen LogP contribution in [0.3, 0.4) is 0 Å². The molecule has 0 bridgehead atoms. The average Bonchev–Trinajstić information content (AvgIpc) is 2.38.